The number of alkyl carbamates (subject to hydrolysis) is 1. The van der Waals surface area contributed by atoms with Crippen LogP contribution in [0.25, 0.3) is 0 Å². The number of ether oxygens (including phenoxy) is 1. The van der Waals surface area contributed by atoms with Crippen molar-refractivity contribution in [1.29, 1.82) is 0 Å². The molecule has 0 aliphatic rings. The highest BCUT2D eigenvalue weighted by Crippen LogP contribution is 2.25. The second kappa shape index (κ2) is 13.5. The molecule has 3 N–H and O–H groups in total. The van der Waals surface area contributed by atoms with E-state index in [4.69, 9.17) is 27.9 Å². The molecule has 0 saturated heterocycles. The Hall–Kier alpha value is -4.03. The summed E-state index contributed by atoms with van der Waals surface area (Å²) in [5, 5.41) is 26.5. The summed E-state index contributed by atoms with van der Waals surface area (Å²) in [6.07, 6.45) is -1.38. The van der Waals surface area contributed by atoms with E-state index < -0.39 is 48.8 Å². The van der Waals surface area contributed by atoms with E-state index >= 15 is 0 Å². The summed E-state index contributed by atoms with van der Waals surface area (Å²) >= 11 is 12.3. The second-order valence-electron chi connectivity index (χ2n) is 8.17. The molecule has 12 nitrogen and oxygen atoms in total. The number of hydrogen-bond acceptors (Lipinski definition) is 8. The molecule has 2 aromatic carbocycles. The number of hydrogen-bond donors (Lipinski definition) is 3. The number of carbonyl (C=O) groups excluding carboxylic acids is 3. The summed E-state index contributed by atoms with van der Waals surface area (Å²) in [6, 6.07) is 11.4. The number of carboxylic acids is 1. The average molecular weight is 563 g/mol. The first-order valence-electron chi connectivity index (χ1n) is 11.3. The molecule has 1 aromatic heterocycles. The molecule has 0 saturated carbocycles. The number of aliphatic carboxylic acids is 1. The van der Waals surface area contributed by atoms with Crippen LogP contribution in [0.2, 0.25) is 10.0 Å². The van der Waals surface area contributed by atoms with E-state index in [1.807, 2.05) is 6.07 Å². The SMILES string of the molecule is CC(NC(=O)OCc1ccccc1)C(=O)NC(CC(=O)O)C(=O)Cn1nnc(Cc2c(Cl)cccc2Cl)n1. The van der Waals surface area contributed by atoms with Gasteiger partial charge in [-0.25, -0.2) is 4.79 Å². The summed E-state index contributed by atoms with van der Waals surface area (Å²) in [4.78, 5) is 49.7. The van der Waals surface area contributed by atoms with Crippen LogP contribution in [-0.2, 0) is 38.7 Å². The van der Waals surface area contributed by atoms with Crippen molar-refractivity contribution in [3.05, 3.63) is 75.5 Å². The lowest BCUT2D eigenvalue weighted by Crippen LogP contribution is -2.51. The average Bonchev–Trinajstić information content (AvgIpc) is 3.31. The molecular weight excluding hydrogens is 539 g/mol. The van der Waals surface area contributed by atoms with Gasteiger partial charge in [0, 0.05) is 16.5 Å². The standard InChI is InChI=1S/C24H24Cl2N6O6/c1-14(27-24(37)38-13-15-6-3-2-4-7-15)23(36)28-19(11-22(34)35)20(33)12-32-30-21(29-31-32)10-16-17(25)8-5-9-18(16)26/h2-9,14,19H,10-13H2,1H3,(H,27,37)(H,28,36)(H,34,35). The smallest absolute Gasteiger partial charge is 0.408 e. The maximum absolute atomic E-state index is 12.8. The Morgan fingerprint density at radius 3 is 2.37 bits per heavy atom. The van der Waals surface area contributed by atoms with Crippen molar-refractivity contribution in [2.75, 3.05) is 0 Å². The number of aromatic nitrogens is 4. The van der Waals surface area contributed by atoms with E-state index in [2.05, 4.69) is 26.0 Å². The van der Waals surface area contributed by atoms with Gasteiger partial charge in [-0.05, 0) is 35.4 Å². The highest BCUT2D eigenvalue weighted by molar-refractivity contribution is 6.36. The van der Waals surface area contributed by atoms with E-state index in [9.17, 15) is 24.3 Å². The second-order valence-corrected chi connectivity index (χ2v) is 8.98. The first kappa shape index (κ1) is 28.5. The molecule has 200 valence electrons. The van der Waals surface area contributed by atoms with Gasteiger partial charge in [0.25, 0.3) is 0 Å². The number of halogens is 2. The van der Waals surface area contributed by atoms with Crippen LogP contribution in [0.3, 0.4) is 0 Å². The quantitative estimate of drug-likeness (QED) is 0.300. The lowest BCUT2D eigenvalue weighted by atomic mass is 10.1. The van der Waals surface area contributed by atoms with Crippen LogP contribution < -0.4 is 10.6 Å². The molecule has 2 atom stereocenters. The third kappa shape index (κ3) is 8.53. The minimum Gasteiger partial charge on any atom is -0.481 e. The lowest BCUT2D eigenvalue weighted by molar-refractivity contribution is -0.140. The minimum absolute atomic E-state index is 0.00326. The van der Waals surface area contributed by atoms with Crippen LogP contribution in [-0.4, -0.2) is 61.2 Å². The third-order valence-electron chi connectivity index (χ3n) is 5.21. The van der Waals surface area contributed by atoms with Crippen LogP contribution >= 0.6 is 23.2 Å². The Labute approximate surface area is 227 Å². The molecule has 3 aromatic rings. The van der Waals surface area contributed by atoms with E-state index in [0.717, 1.165) is 10.4 Å². The Bertz CT molecular complexity index is 1280. The number of nitrogens with zero attached hydrogens (tertiary/aromatic N) is 4. The number of Topliss-reactive ketones (excluding diaryl/α,β-unsaturated/α-hetero) is 1. The number of rotatable bonds is 12. The Morgan fingerprint density at radius 2 is 1.71 bits per heavy atom. The van der Waals surface area contributed by atoms with Crippen LogP contribution in [0, 0.1) is 0 Å². The zero-order valence-electron chi connectivity index (χ0n) is 20.1. The molecule has 14 heteroatoms. The molecule has 0 spiro atoms. The van der Waals surface area contributed by atoms with Crippen molar-refractivity contribution in [2.24, 2.45) is 0 Å². The first-order valence-corrected chi connectivity index (χ1v) is 12.1. The molecule has 0 radical (unpaired) electrons. The molecular formula is C24H24Cl2N6O6. The van der Waals surface area contributed by atoms with Crippen LogP contribution in [0.4, 0.5) is 4.79 Å². The topological polar surface area (TPSA) is 165 Å². The fourth-order valence-electron chi connectivity index (χ4n) is 3.25. The van der Waals surface area contributed by atoms with Gasteiger partial charge < -0.3 is 20.5 Å². The summed E-state index contributed by atoms with van der Waals surface area (Å²) in [6.45, 7) is 0.908. The van der Waals surface area contributed by atoms with Gasteiger partial charge in [-0.1, -0.05) is 59.6 Å². The Morgan fingerprint density at radius 1 is 1.03 bits per heavy atom. The van der Waals surface area contributed by atoms with Crippen molar-refractivity contribution < 1.29 is 29.0 Å². The van der Waals surface area contributed by atoms with Gasteiger partial charge in [-0.2, -0.15) is 4.80 Å². The maximum Gasteiger partial charge on any atom is 0.408 e. The fraction of sp³-hybridized carbons (Fsp3) is 0.292. The van der Waals surface area contributed by atoms with Crippen molar-refractivity contribution in [3.63, 3.8) is 0 Å². The molecule has 1 heterocycles. The largest absolute Gasteiger partial charge is 0.481 e. The van der Waals surface area contributed by atoms with E-state index in [0.29, 0.717) is 15.6 Å². The molecule has 2 amide bonds. The van der Waals surface area contributed by atoms with E-state index in [1.54, 1.807) is 42.5 Å². The zero-order chi connectivity index (χ0) is 27.7. The van der Waals surface area contributed by atoms with Crippen LogP contribution in [0.5, 0.6) is 0 Å². The predicted octanol–water partition coefficient (Wildman–Crippen LogP) is 2.41. The number of tetrazole rings is 1. The molecule has 0 aliphatic heterocycles. The highest BCUT2D eigenvalue weighted by atomic mass is 35.5. The van der Waals surface area contributed by atoms with Gasteiger partial charge in [0.15, 0.2) is 11.6 Å². The lowest BCUT2D eigenvalue weighted by Gasteiger charge is -2.19. The summed E-state index contributed by atoms with van der Waals surface area (Å²) in [5.41, 5.74) is 1.34. The summed E-state index contributed by atoms with van der Waals surface area (Å²) in [7, 11) is 0. The number of ketones is 1. The fourth-order valence-corrected chi connectivity index (χ4v) is 3.78. The number of benzene rings is 2. The van der Waals surface area contributed by atoms with Gasteiger partial charge in [0.2, 0.25) is 5.91 Å². The summed E-state index contributed by atoms with van der Waals surface area (Å²) in [5.74, 6) is -2.54. The number of carbonyl (C=O) groups is 4. The first-order chi connectivity index (χ1) is 18.1. The third-order valence-corrected chi connectivity index (χ3v) is 5.92. The Kier molecular flexibility index (Phi) is 10.1. The van der Waals surface area contributed by atoms with Crippen LogP contribution in [0.15, 0.2) is 48.5 Å². The normalized spacial score (nSPS) is 12.3. The number of amides is 2. The van der Waals surface area contributed by atoms with Crippen molar-refractivity contribution in [3.8, 4) is 0 Å². The molecule has 3 rings (SSSR count). The monoisotopic (exact) mass is 562 g/mol. The van der Waals surface area contributed by atoms with Gasteiger partial charge in [0.1, 0.15) is 25.2 Å². The van der Waals surface area contributed by atoms with Gasteiger partial charge in [0.05, 0.1) is 6.42 Å². The zero-order valence-corrected chi connectivity index (χ0v) is 21.6. The molecule has 0 bridgehead atoms. The van der Waals surface area contributed by atoms with Gasteiger partial charge in [-0.3, -0.25) is 14.4 Å². The predicted molar refractivity (Wildman–Crippen MR) is 136 cm³/mol. The Balaban J connectivity index is 1.56. The maximum atomic E-state index is 12.8. The summed E-state index contributed by atoms with van der Waals surface area (Å²) < 4.78 is 5.07. The number of nitrogens with one attached hydrogen (secondary N) is 2. The van der Waals surface area contributed by atoms with Crippen LogP contribution in [0.1, 0.15) is 30.3 Å². The molecule has 0 aliphatic carbocycles. The van der Waals surface area contributed by atoms with Crippen molar-refractivity contribution >= 4 is 47.0 Å². The van der Waals surface area contributed by atoms with E-state index in [-0.39, 0.29) is 18.9 Å². The number of carboxylic acid groups (broad SMARTS) is 1. The minimum atomic E-state index is -1.41. The highest BCUT2D eigenvalue weighted by Gasteiger charge is 2.27. The molecule has 0 fully saturated rings. The van der Waals surface area contributed by atoms with Crippen molar-refractivity contribution in [1.82, 2.24) is 30.8 Å². The molecule has 38 heavy (non-hydrogen) atoms. The van der Waals surface area contributed by atoms with Gasteiger partial charge >= 0.3 is 12.1 Å². The van der Waals surface area contributed by atoms with Crippen molar-refractivity contribution in [2.45, 2.75) is 45.0 Å². The van der Waals surface area contributed by atoms with Gasteiger partial charge in [-0.15, -0.1) is 10.2 Å². The molecule has 2 unspecified atom stereocenters. The van der Waals surface area contributed by atoms with E-state index in [1.165, 1.54) is 6.92 Å².